The zero-order valence-electron chi connectivity index (χ0n) is 11.4. The molecule has 1 aliphatic heterocycles. The third-order valence-electron chi connectivity index (χ3n) is 3.63. The summed E-state index contributed by atoms with van der Waals surface area (Å²) in [7, 11) is 3.48. The molecule has 1 aromatic carbocycles. The number of halogens is 1. The van der Waals surface area contributed by atoms with Gasteiger partial charge in [0.25, 0.3) is 0 Å². The SMILES string of the molecule is COC(=O)c1cc(Cl)ccc1NC1CC(C)N(C)C1. The summed E-state index contributed by atoms with van der Waals surface area (Å²) < 4.78 is 4.79. The van der Waals surface area contributed by atoms with Crippen molar-refractivity contribution in [2.75, 3.05) is 26.0 Å². The van der Waals surface area contributed by atoms with Gasteiger partial charge in [0.15, 0.2) is 0 Å². The summed E-state index contributed by atoms with van der Waals surface area (Å²) in [6.45, 7) is 3.16. The molecule has 2 unspecified atom stereocenters. The molecule has 1 aromatic rings. The van der Waals surface area contributed by atoms with E-state index in [4.69, 9.17) is 16.3 Å². The Balaban J connectivity index is 2.18. The Morgan fingerprint density at radius 2 is 2.26 bits per heavy atom. The number of methoxy groups -OCH3 is 1. The van der Waals surface area contributed by atoms with E-state index >= 15 is 0 Å². The number of carbonyl (C=O) groups is 1. The minimum atomic E-state index is -0.371. The standard InChI is InChI=1S/C14H19ClN2O2/c1-9-6-11(8-17(9)2)16-13-5-4-10(15)7-12(13)14(18)19-3/h4-5,7,9,11,16H,6,8H2,1-3H3. The van der Waals surface area contributed by atoms with Crippen molar-refractivity contribution >= 4 is 23.3 Å². The van der Waals surface area contributed by atoms with Gasteiger partial charge in [-0.2, -0.15) is 0 Å². The van der Waals surface area contributed by atoms with Gasteiger partial charge in [-0.05, 0) is 38.6 Å². The summed E-state index contributed by atoms with van der Waals surface area (Å²) >= 11 is 5.94. The summed E-state index contributed by atoms with van der Waals surface area (Å²) in [6.07, 6.45) is 1.06. The number of hydrogen-bond donors (Lipinski definition) is 1. The Bertz CT molecular complexity index is 469. The fraction of sp³-hybridized carbons (Fsp3) is 0.500. The van der Waals surface area contributed by atoms with Crippen LogP contribution in [0.3, 0.4) is 0 Å². The third kappa shape index (κ3) is 3.19. The lowest BCUT2D eigenvalue weighted by atomic mass is 10.1. The Kier molecular flexibility index (Phi) is 4.32. The number of nitrogens with zero attached hydrogens (tertiary/aromatic N) is 1. The maximum atomic E-state index is 11.8. The van der Waals surface area contributed by atoms with Gasteiger partial charge in [0.2, 0.25) is 0 Å². The first-order valence-electron chi connectivity index (χ1n) is 6.36. The highest BCUT2D eigenvalue weighted by atomic mass is 35.5. The summed E-state index contributed by atoms with van der Waals surface area (Å²) in [4.78, 5) is 14.1. The van der Waals surface area contributed by atoms with Crippen LogP contribution in [-0.4, -0.2) is 43.7 Å². The van der Waals surface area contributed by atoms with E-state index in [0.717, 1.165) is 18.7 Å². The zero-order valence-corrected chi connectivity index (χ0v) is 12.2. The number of likely N-dealkylation sites (N-methyl/N-ethyl adjacent to an activating group) is 1. The highest BCUT2D eigenvalue weighted by Crippen LogP contribution is 2.25. The predicted octanol–water partition coefficient (Wildman–Crippen LogP) is 2.63. The van der Waals surface area contributed by atoms with Crippen LogP contribution in [0.2, 0.25) is 5.02 Å². The summed E-state index contributed by atoms with van der Waals surface area (Å²) in [5, 5.41) is 3.94. The normalized spacial score (nSPS) is 23.4. The Labute approximate surface area is 118 Å². The molecule has 0 bridgehead atoms. The minimum Gasteiger partial charge on any atom is -0.465 e. The van der Waals surface area contributed by atoms with Crippen molar-refractivity contribution in [2.24, 2.45) is 0 Å². The zero-order chi connectivity index (χ0) is 14.0. The lowest BCUT2D eigenvalue weighted by molar-refractivity contribution is 0.0602. The van der Waals surface area contributed by atoms with Crippen LogP contribution in [-0.2, 0) is 4.74 Å². The molecule has 0 amide bonds. The molecule has 104 valence electrons. The monoisotopic (exact) mass is 282 g/mol. The molecule has 0 saturated carbocycles. The number of rotatable bonds is 3. The highest BCUT2D eigenvalue weighted by Gasteiger charge is 2.27. The second-order valence-electron chi connectivity index (χ2n) is 5.05. The molecule has 0 aliphatic carbocycles. The largest absolute Gasteiger partial charge is 0.465 e. The van der Waals surface area contributed by atoms with Crippen LogP contribution < -0.4 is 5.32 Å². The molecule has 1 N–H and O–H groups in total. The molecule has 0 spiro atoms. The van der Waals surface area contributed by atoms with E-state index in [1.807, 2.05) is 6.07 Å². The maximum absolute atomic E-state index is 11.8. The van der Waals surface area contributed by atoms with E-state index in [1.165, 1.54) is 7.11 Å². The van der Waals surface area contributed by atoms with Gasteiger partial charge >= 0.3 is 5.97 Å². The number of likely N-dealkylation sites (tertiary alicyclic amines) is 1. The molecule has 19 heavy (non-hydrogen) atoms. The number of hydrogen-bond acceptors (Lipinski definition) is 4. The first-order chi connectivity index (χ1) is 9.01. The minimum absolute atomic E-state index is 0.338. The third-order valence-corrected chi connectivity index (χ3v) is 3.87. The van der Waals surface area contributed by atoms with E-state index in [2.05, 4.69) is 24.2 Å². The first-order valence-corrected chi connectivity index (χ1v) is 6.73. The topological polar surface area (TPSA) is 41.6 Å². The van der Waals surface area contributed by atoms with Crippen LogP contribution in [0.1, 0.15) is 23.7 Å². The number of benzene rings is 1. The molecule has 1 heterocycles. The van der Waals surface area contributed by atoms with Gasteiger partial charge < -0.3 is 15.0 Å². The maximum Gasteiger partial charge on any atom is 0.340 e. The van der Waals surface area contributed by atoms with Crippen LogP contribution in [0.5, 0.6) is 0 Å². The van der Waals surface area contributed by atoms with Crippen molar-refractivity contribution in [1.29, 1.82) is 0 Å². The van der Waals surface area contributed by atoms with Crippen LogP contribution in [0.15, 0.2) is 18.2 Å². The quantitative estimate of drug-likeness (QED) is 0.866. The second-order valence-corrected chi connectivity index (χ2v) is 5.48. The van der Waals surface area contributed by atoms with Crippen LogP contribution in [0.4, 0.5) is 5.69 Å². The average molecular weight is 283 g/mol. The van der Waals surface area contributed by atoms with E-state index in [-0.39, 0.29) is 5.97 Å². The van der Waals surface area contributed by atoms with E-state index in [0.29, 0.717) is 22.7 Å². The molecule has 4 nitrogen and oxygen atoms in total. The molecule has 1 saturated heterocycles. The van der Waals surface area contributed by atoms with Crippen molar-refractivity contribution < 1.29 is 9.53 Å². The Morgan fingerprint density at radius 1 is 1.53 bits per heavy atom. The Morgan fingerprint density at radius 3 is 2.84 bits per heavy atom. The lowest BCUT2D eigenvalue weighted by Gasteiger charge is -2.16. The molecule has 5 heteroatoms. The van der Waals surface area contributed by atoms with Crippen molar-refractivity contribution in [3.8, 4) is 0 Å². The molecular weight excluding hydrogens is 264 g/mol. The number of ether oxygens (including phenoxy) is 1. The van der Waals surface area contributed by atoms with Crippen LogP contribution >= 0.6 is 11.6 Å². The molecule has 0 aromatic heterocycles. The average Bonchev–Trinajstić information content (AvgIpc) is 2.69. The van der Waals surface area contributed by atoms with Gasteiger partial charge in [0.1, 0.15) is 0 Å². The van der Waals surface area contributed by atoms with Gasteiger partial charge in [-0.15, -0.1) is 0 Å². The van der Waals surface area contributed by atoms with Crippen molar-refractivity contribution in [3.05, 3.63) is 28.8 Å². The number of esters is 1. The second kappa shape index (κ2) is 5.80. The van der Waals surface area contributed by atoms with Gasteiger partial charge in [-0.25, -0.2) is 4.79 Å². The highest BCUT2D eigenvalue weighted by molar-refractivity contribution is 6.31. The van der Waals surface area contributed by atoms with E-state index in [9.17, 15) is 4.79 Å². The lowest BCUT2D eigenvalue weighted by Crippen LogP contribution is -2.25. The Hall–Kier alpha value is -1.26. The molecule has 2 rings (SSSR count). The van der Waals surface area contributed by atoms with Crippen LogP contribution in [0.25, 0.3) is 0 Å². The van der Waals surface area contributed by atoms with E-state index in [1.54, 1.807) is 12.1 Å². The molecule has 0 radical (unpaired) electrons. The smallest absolute Gasteiger partial charge is 0.340 e. The molecule has 1 fully saturated rings. The first kappa shape index (κ1) is 14.2. The van der Waals surface area contributed by atoms with E-state index < -0.39 is 0 Å². The van der Waals surface area contributed by atoms with Gasteiger partial charge in [0.05, 0.1) is 12.7 Å². The molecule has 2 atom stereocenters. The van der Waals surface area contributed by atoms with Crippen molar-refractivity contribution in [2.45, 2.75) is 25.4 Å². The summed E-state index contributed by atoms with van der Waals surface area (Å²) in [5.74, 6) is -0.371. The predicted molar refractivity (Wildman–Crippen MR) is 76.9 cm³/mol. The summed E-state index contributed by atoms with van der Waals surface area (Å²) in [5.41, 5.74) is 1.26. The van der Waals surface area contributed by atoms with Crippen LogP contribution in [0, 0.1) is 0 Å². The summed E-state index contributed by atoms with van der Waals surface area (Å²) in [6, 6.07) is 6.13. The van der Waals surface area contributed by atoms with Crippen molar-refractivity contribution in [1.82, 2.24) is 4.90 Å². The number of nitrogens with one attached hydrogen (secondary N) is 1. The number of carbonyl (C=O) groups excluding carboxylic acids is 1. The number of anilines is 1. The van der Waals surface area contributed by atoms with Crippen molar-refractivity contribution in [3.63, 3.8) is 0 Å². The fourth-order valence-corrected chi connectivity index (χ4v) is 2.61. The van der Waals surface area contributed by atoms with Gasteiger partial charge in [-0.3, -0.25) is 0 Å². The van der Waals surface area contributed by atoms with Gasteiger partial charge in [0, 0.05) is 29.3 Å². The molecule has 1 aliphatic rings. The molecular formula is C14H19ClN2O2. The van der Waals surface area contributed by atoms with Gasteiger partial charge in [-0.1, -0.05) is 11.6 Å². The fourth-order valence-electron chi connectivity index (χ4n) is 2.44.